The topological polar surface area (TPSA) is 159 Å². The molecule has 0 saturated carbocycles. The maximum absolute atomic E-state index is 12.8. The number of anilines is 1. The van der Waals surface area contributed by atoms with Gasteiger partial charge >= 0.3 is 29.6 Å². The molecule has 0 fully saturated rings. The molecule has 0 unspecified atom stereocenters. The fourth-order valence-electron chi connectivity index (χ4n) is 2.85. The number of hydrogen-bond acceptors (Lipinski definition) is 12. The molecule has 2 N–H and O–H groups in total. The van der Waals surface area contributed by atoms with Crippen molar-refractivity contribution in [2.24, 2.45) is 20.5 Å². The number of benzene rings is 3. The Morgan fingerprint density at radius 3 is 2.28 bits per heavy atom. The number of azo groups is 2. The van der Waals surface area contributed by atoms with Crippen molar-refractivity contribution < 1.29 is 63.6 Å². The SMILES string of the molecule is COc1ccc(NC(=O)/C(N=Nc2ccc(N=Nc3ccc(SOO[O-])cc3)cc2Cl)=C(/C)O)c(OC)c1.[Na+]. The van der Waals surface area contributed by atoms with Crippen LogP contribution in [0.2, 0.25) is 5.02 Å². The van der Waals surface area contributed by atoms with E-state index < -0.39 is 5.91 Å². The number of hydrogen-bond donors (Lipinski definition) is 2. The smallest absolute Gasteiger partial charge is 0.691 e. The molecule has 0 spiro atoms. The van der Waals surface area contributed by atoms with E-state index in [2.05, 4.69) is 35.1 Å². The van der Waals surface area contributed by atoms with Gasteiger partial charge in [-0.3, -0.25) is 9.83 Å². The van der Waals surface area contributed by atoms with Crippen LogP contribution in [0.1, 0.15) is 6.92 Å². The van der Waals surface area contributed by atoms with Crippen molar-refractivity contribution in [3.63, 3.8) is 0 Å². The molecule has 3 aromatic rings. The molecule has 0 heterocycles. The molecule has 198 valence electrons. The van der Waals surface area contributed by atoms with Crippen LogP contribution in [-0.2, 0) is 14.2 Å². The first-order chi connectivity index (χ1) is 18.3. The van der Waals surface area contributed by atoms with E-state index in [4.69, 9.17) is 21.1 Å². The molecule has 0 atom stereocenters. The molecule has 0 radical (unpaired) electrons. The van der Waals surface area contributed by atoms with Gasteiger partial charge in [0, 0.05) is 11.0 Å². The Bertz CT molecular complexity index is 1370. The van der Waals surface area contributed by atoms with Crippen molar-refractivity contribution in [3.8, 4) is 11.5 Å². The third-order valence-electron chi connectivity index (χ3n) is 4.68. The van der Waals surface area contributed by atoms with Gasteiger partial charge in [-0.15, -0.1) is 10.2 Å². The Kier molecular flexibility index (Phi) is 13.4. The quantitative estimate of drug-likeness (QED) is 0.0662. The summed E-state index contributed by atoms with van der Waals surface area (Å²) in [6.07, 6.45) is 0. The molecule has 15 heteroatoms. The van der Waals surface area contributed by atoms with Gasteiger partial charge in [0.05, 0.1) is 48.3 Å². The van der Waals surface area contributed by atoms with Crippen molar-refractivity contribution in [2.75, 3.05) is 19.5 Å². The molecular weight excluding hydrogens is 561 g/mol. The zero-order chi connectivity index (χ0) is 27.5. The second-order valence-electron chi connectivity index (χ2n) is 7.20. The maximum atomic E-state index is 12.8. The average Bonchev–Trinajstić information content (AvgIpc) is 2.92. The summed E-state index contributed by atoms with van der Waals surface area (Å²) in [5.74, 6) is -0.164. The molecule has 39 heavy (non-hydrogen) atoms. The summed E-state index contributed by atoms with van der Waals surface area (Å²) in [7, 11) is 2.96. The number of carbonyl (C=O) groups excluding carboxylic acids is 1. The molecule has 0 bridgehead atoms. The van der Waals surface area contributed by atoms with Crippen LogP contribution in [0, 0.1) is 0 Å². The van der Waals surface area contributed by atoms with Gasteiger partial charge in [-0.05, 0) is 61.5 Å². The molecule has 1 amide bonds. The molecular formula is C24H21ClN5NaO7S. The van der Waals surface area contributed by atoms with Gasteiger partial charge in [-0.25, -0.2) is 0 Å². The Balaban J connectivity index is 0.00000533. The number of nitrogens with zero attached hydrogens (tertiary/aromatic N) is 4. The van der Waals surface area contributed by atoms with Crippen LogP contribution < -0.4 is 49.6 Å². The molecule has 0 aliphatic heterocycles. The summed E-state index contributed by atoms with van der Waals surface area (Å²) >= 11 is 7.07. The fourth-order valence-corrected chi connectivity index (χ4v) is 3.41. The number of aliphatic hydroxyl groups is 1. The average molecular weight is 582 g/mol. The zero-order valence-corrected chi connectivity index (χ0v) is 24.8. The van der Waals surface area contributed by atoms with Crippen LogP contribution in [0.4, 0.5) is 22.7 Å². The van der Waals surface area contributed by atoms with Crippen molar-refractivity contribution >= 4 is 52.3 Å². The van der Waals surface area contributed by atoms with E-state index >= 15 is 0 Å². The summed E-state index contributed by atoms with van der Waals surface area (Å²) in [6, 6.07) is 16.2. The van der Waals surface area contributed by atoms with Crippen LogP contribution in [0.25, 0.3) is 0 Å². The van der Waals surface area contributed by atoms with Crippen molar-refractivity contribution in [1.29, 1.82) is 0 Å². The van der Waals surface area contributed by atoms with Gasteiger partial charge in [0.15, 0.2) is 5.70 Å². The first kappa shape index (κ1) is 32.2. The van der Waals surface area contributed by atoms with Gasteiger partial charge in [0.1, 0.15) is 22.9 Å². The number of halogens is 1. The third kappa shape index (κ3) is 9.60. The van der Waals surface area contributed by atoms with Crippen LogP contribution in [0.3, 0.4) is 0 Å². The van der Waals surface area contributed by atoms with Crippen molar-refractivity contribution in [2.45, 2.75) is 11.8 Å². The van der Waals surface area contributed by atoms with E-state index in [1.54, 1.807) is 48.5 Å². The predicted molar refractivity (Wildman–Crippen MR) is 138 cm³/mol. The van der Waals surface area contributed by atoms with E-state index in [1.165, 1.54) is 33.3 Å². The van der Waals surface area contributed by atoms with Crippen LogP contribution in [-0.4, -0.2) is 25.2 Å². The Morgan fingerprint density at radius 2 is 1.67 bits per heavy atom. The van der Waals surface area contributed by atoms with E-state index in [1.807, 2.05) is 0 Å². The van der Waals surface area contributed by atoms with Crippen LogP contribution in [0.5, 0.6) is 11.5 Å². The van der Waals surface area contributed by atoms with E-state index in [-0.39, 0.29) is 51.7 Å². The minimum absolute atomic E-state index is 0. The van der Waals surface area contributed by atoms with Crippen molar-refractivity contribution in [1.82, 2.24) is 0 Å². The van der Waals surface area contributed by atoms with Gasteiger partial charge in [0.25, 0.3) is 5.91 Å². The number of methoxy groups -OCH3 is 2. The van der Waals surface area contributed by atoms with E-state index in [9.17, 15) is 15.2 Å². The van der Waals surface area contributed by atoms with E-state index in [0.717, 1.165) is 12.0 Å². The summed E-state index contributed by atoms with van der Waals surface area (Å²) in [4.78, 5) is 13.4. The molecule has 3 aromatic carbocycles. The largest absolute Gasteiger partial charge is 1.00 e. The number of rotatable bonds is 11. The van der Waals surface area contributed by atoms with Gasteiger partial charge in [0.2, 0.25) is 0 Å². The summed E-state index contributed by atoms with van der Waals surface area (Å²) in [5, 5.41) is 42.1. The first-order valence-electron chi connectivity index (χ1n) is 10.6. The fraction of sp³-hybridized carbons (Fsp3) is 0.125. The van der Waals surface area contributed by atoms with Crippen LogP contribution in [0.15, 0.2) is 97.5 Å². The Hall–Kier alpha value is -3.01. The minimum Gasteiger partial charge on any atom is -0.691 e. The standard InChI is InChI=1S/C24H22ClN5O7S.Na/c1-14(31)23(24(32)26-21-11-7-17(34-2)13-22(21)35-3)30-29-20-10-6-16(12-19(20)25)28-27-15-4-8-18(9-5-15)38-37-36-33;/h4-13,31,33H,1-3H3,(H,26,32);/q;+1/p-1/b23-14+,28-27?,30-29?;. The Morgan fingerprint density at radius 1 is 0.974 bits per heavy atom. The summed E-state index contributed by atoms with van der Waals surface area (Å²) in [5.41, 5.74) is 1.25. The van der Waals surface area contributed by atoms with Crippen LogP contribution >= 0.6 is 23.6 Å². The normalized spacial score (nSPS) is 11.7. The number of aliphatic hydroxyl groups excluding tert-OH is 1. The predicted octanol–water partition coefficient (Wildman–Crippen LogP) is 3.52. The van der Waals surface area contributed by atoms with E-state index in [0.29, 0.717) is 33.5 Å². The number of nitrogens with one attached hydrogen (secondary N) is 1. The van der Waals surface area contributed by atoms with Gasteiger partial charge < -0.3 is 25.2 Å². The minimum atomic E-state index is -0.713. The summed E-state index contributed by atoms with van der Waals surface area (Å²) < 4.78 is 14.7. The zero-order valence-electron chi connectivity index (χ0n) is 21.2. The molecule has 0 aliphatic rings. The summed E-state index contributed by atoms with van der Waals surface area (Å²) in [6.45, 7) is 1.31. The van der Waals surface area contributed by atoms with Gasteiger partial charge in [-0.2, -0.15) is 14.6 Å². The van der Waals surface area contributed by atoms with Gasteiger partial charge in [-0.1, -0.05) is 11.6 Å². The number of allylic oxidation sites excluding steroid dienone is 1. The van der Waals surface area contributed by atoms with Crippen molar-refractivity contribution in [3.05, 3.63) is 77.1 Å². The molecule has 0 aromatic heterocycles. The molecule has 0 saturated heterocycles. The Labute approximate surface area is 255 Å². The number of ether oxygens (including phenoxy) is 2. The molecule has 12 nitrogen and oxygen atoms in total. The molecule has 3 rings (SSSR count). The number of carbonyl (C=O) groups is 1. The molecule has 0 aliphatic carbocycles. The number of amides is 1. The monoisotopic (exact) mass is 581 g/mol. The second kappa shape index (κ2) is 16.2. The first-order valence-corrected chi connectivity index (χ1v) is 11.8. The second-order valence-corrected chi connectivity index (χ2v) is 8.38. The third-order valence-corrected chi connectivity index (χ3v) is 5.57. The maximum Gasteiger partial charge on any atom is 1.00 e.